The topological polar surface area (TPSA) is 159 Å². The number of halogens is 2. The third kappa shape index (κ3) is 16.2. The van der Waals surface area contributed by atoms with E-state index in [4.69, 9.17) is 37.5 Å². The normalized spacial score (nSPS) is 12.0. The number of ether oxygens (including phenoxy) is 2. The summed E-state index contributed by atoms with van der Waals surface area (Å²) in [5, 5.41) is 17.2. The van der Waals surface area contributed by atoms with E-state index >= 15 is 0 Å². The minimum atomic E-state index is -1.34. The number of aliphatic imine (C=N–C) groups is 1. The van der Waals surface area contributed by atoms with Gasteiger partial charge < -0.3 is 24.7 Å². The van der Waals surface area contributed by atoms with Crippen LogP contribution in [0.5, 0.6) is 5.75 Å². The number of oxime groups is 1. The number of rotatable bonds is 18. The lowest BCUT2D eigenvalue weighted by Gasteiger charge is -2.34. The Labute approximate surface area is 334 Å². The van der Waals surface area contributed by atoms with Gasteiger partial charge in [-0.2, -0.15) is 4.99 Å². The summed E-state index contributed by atoms with van der Waals surface area (Å²) in [6.07, 6.45) is 3.11. The maximum absolute atomic E-state index is 13.6. The van der Waals surface area contributed by atoms with Crippen LogP contribution in [0.4, 0.5) is 15.3 Å². The Morgan fingerprint density at radius 2 is 1.60 bits per heavy atom. The Balaban J connectivity index is 2.42. The summed E-state index contributed by atoms with van der Waals surface area (Å²) in [7, 11) is 0. The molecule has 0 unspecified atom stereocenters. The molecule has 0 radical (unpaired) electrons. The number of unbranched alkanes of at least 4 members (excludes halogenated alkanes) is 2. The summed E-state index contributed by atoms with van der Waals surface area (Å²) in [6.45, 7) is 19.8. The van der Waals surface area contributed by atoms with Gasteiger partial charge in [-0.15, -0.1) is 6.58 Å². The first-order valence-electron chi connectivity index (χ1n) is 17.8. The molecule has 0 spiro atoms. The molecule has 0 fully saturated rings. The average Bonchev–Trinajstić information content (AvgIpc) is 3.07. The molecule has 2 rings (SSSR count). The summed E-state index contributed by atoms with van der Waals surface area (Å²) in [4.78, 5) is 64.1. The van der Waals surface area contributed by atoms with Gasteiger partial charge in [0.05, 0.1) is 27.9 Å². The zero-order valence-corrected chi connectivity index (χ0v) is 34.3. The van der Waals surface area contributed by atoms with Crippen LogP contribution in [0.2, 0.25) is 10.0 Å². The molecule has 0 aliphatic carbocycles. The summed E-state index contributed by atoms with van der Waals surface area (Å²) in [6, 6.07) is 9.85. The number of hydrogen-bond acceptors (Lipinski definition) is 8. The molecule has 13 nitrogen and oxygen atoms in total. The van der Waals surface area contributed by atoms with E-state index in [2.05, 4.69) is 28.6 Å². The Morgan fingerprint density at radius 1 is 0.964 bits per heavy atom. The highest BCUT2D eigenvalue weighted by atomic mass is 35.5. The second kappa shape index (κ2) is 21.9. The minimum absolute atomic E-state index is 0.0422. The molecular weight excluding hydrogens is 749 g/mol. The number of carbonyl (C=O) groups is 4. The van der Waals surface area contributed by atoms with Gasteiger partial charge in [0.1, 0.15) is 36.9 Å². The maximum atomic E-state index is 13.6. The van der Waals surface area contributed by atoms with Crippen molar-refractivity contribution in [2.45, 2.75) is 91.7 Å². The smallest absolute Gasteiger partial charge is 0.413 e. The second-order valence-corrected chi connectivity index (χ2v) is 15.1. The first-order chi connectivity index (χ1) is 25.8. The number of carboxylic acid groups (broad SMARTS) is 1. The van der Waals surface area contributed by atoms with Crippen molar-refractivity contribution < 1.29 is 38.6 Å². The molecular formula is C40H53Cl2N5O8. The Hall–Kier alpha value is -4.88. The molecule has 0 saturated carbocycles. The van der Waals surface area contributed by atoms with Gasteiger partial charge in [0.25, 0.3) is 5.91 Å². The van der Waals surface area contributed by atoms with E-state index < -0.39 is 35.1 Å². The summed E-state index contributed by atoms with van der Waals surface area (Å²) < 4.78 is 11.0. The number of nitrogens with one attached hydrogen (secondary N) is 1. The first kappa shape index (κ1) is 46.3. The number of amides is 4. The molecule has 0 aliphatic rings. The minimum Gasteiger partial charge on any atom is -0.490 e. The quantitative estimate of drug-likeness (QED) is 0.0496. The third-order valence-electron chi connectivity index (χ3n) is 7.35. The fourth-order valence-electron chi connectivity index (χ4n) is 5.04. The number of carbonyl (C=O) groups excluding carboxylic acids is 3. The lowest BCUT2D eigenvalue weighted by molar-refractivity contribution is -0.117. The van der Waals surface area contributed by atoms with Crippen molar-refractivity contribution >= 4 is 64.4 Å². The van der Waals surface area contributed by atoms with Crippen LogP contribution < -0.4 is 10.1 Å². The van der Waals surface area contributed by atoms with Crippen LogP contribution in [0, 0.1) is 0 Å². The van der Waals surface area contributed by atoms with Crippen LogP contribution in [0.1, 0.15) is 85.3 Å². The van der Waals surface area contributed by atoms with Crippen molar-refractivity contribution in [1.82, 2.24) is 9.80 Å². The van der Waals surface area contributed by atoms with Crippen molar-refractivity contribution in [2.75, 3.05) is 31.6 Å². The lowest BCUT2D eigenvalue weighted by atomic mass is 10.0. The monoisotopic (exact) mass is 801 g/mol. The van der Waals surface area contributed by atoms with Crippen molar-refractivity contribution in [3.8, 4) is 5.75 Å². The van der Waals surface area contributed by atoms with Crippen molar-refractivity contribution in [2.24, 2.45) is 10.1 Å². The molecule has 2 aromatic rings. The molecule has 55 heavy (non-hydrogen) atoms. The van der Waals surface area contributed by atoms with Crippen LogP contribution in [-0.2, 0) is 25.6 Å². The molecule has 300 valence electrons. The van der Waals surface area contributed by atoms with Crippen LogP contribution in [0.3, 0.4) is 0 Å². The predicted molar refractivity (Wildman–Crippen MR) is 218 cm³/mol. The maximum Gasteiger partial charge on any atom is 0.413 e. The number of anilines is 1. The Bertz CT molecular complexity index is 1710. The molecule has 4 amide bonds. The second-order valence-electron chi connectivity index (χ2n) is 14.3. The van der Waals surface area contributed by atoms with Gasteiger partial charge in [0.2, 0.25) is 5.91 Å². The highest BCUT2D eigenvalue weighted by Gasteiger charge is 2.32. The lowest BCUT2D eigenvalue weighted by Crippen LogP contribution is -2.49. The number of amidine groups is 1. The summed E-state index contributed by atoms with van der Waals surface area (Å²) in [5.41, 5.74) is -0.429. The van der Waals surface area contributed by atoms with E-state index in [-0.39, 0.29) is 59.8 Å². The van der Waals surface area contributed by atoms with E-state index in [9.17, 15) is 24.3 Å². The van der Waals surface area contributed by atoms with E-state index in [1.807, 2.05) is 0 Å². The number of hydrogen-bond donors (Lipinski definition) is 2. The molecule has 0 atom stereocenters. The molecule has 2 N–H and O–H groups in total. The van der Waals surface area contributed by atoms with Gasteiger partial charge in [-0.05, 0) is 110 Å². The molecule has 2 aromatic carbocycles. The third-order valence-corrected chi connectivity index (χ3v) is 7.95. The van der Waals surface area contributed by atoms with Gasteiger partial charge in [0.15, 0.2) is 0 Å². The van der Waals surface area contributed by atoms with Crippen molar-refractivity contribution in [1.29, 1.82) is 0 Å². The van der Waals surface area contributed by atoms with Crippen LogP contribution in [-0.4, -0.2) is 87.9 Å². The molecule has 0 bridgehead atoms. The SMILES string of the molecule is C=CCCCCN(CC(=O)Nc1c(Cl)cc(CC(=NC(=O)CC(=NOCC)c2ccc(OCC=C)cc2)N(C(=O)O)C(C)(C)C)cc1Cl)C(=O)OC(C)(C)C. The molecule has 0 heterocycles. The van der Waals surface area contributed by atoms with E-state index in [1.54, 1.807) is 84.9 Å². The van der Waals surface area contributed by atoms with Gasteiger partial charge in [-0.1, -0.05) is 47.1 Å². The van der Waals surface area contributed by atoms with E-state index in [0.717, 1.165) is 17.7 Å². The van der Waals surface area contributed by atoms with Gasteiger partial charge in [0, 0.05) is 24.1 Å². The molecule has 0 saturated heterocycles. The summed E-state index contributed by atoms with van der Waals surface area (Å²) in [5.74, 6) is -0.750. The van der Waals surface area contributed by atoms with Gasteiger partial charge in [-0.3, -0.25) is 19.4 Å². The number of nitrogens with zero attached hydrogens (tertiary/aromatic N) is 4. The van der Waals surface area contributed by atoms with Crippen molar-refractivity contribution in [3.05, 3.63) is 82.9 Å². The van der Waals surface area contributed by atoms with Crippen LogP contribution >= 0.6 is 23.2 Å². The summed E-state index contributed by atoms with van der Waals surface area (Å²) >= 11 is 13.3. The fourth-order valence-corrected chi connectivity index (χ4v) is 5.67. The van der Waals surface area contributed by atoms with Gasteiger partial charge >= 0.3 is 12.2 Å². The highest BCUT2D eigenvalue weighted by Crippen LogP contribution is 2.33. The van der Waals surface area contributed by atoms with Crippen LogP contribution in [0.15, 0.2) is 71.9 Å². The average molecular weight is 803 g/mol. The van der Waals surface area contributed by atoms with E-state index in [0.29, 0.717) is 29.9 Å². The number of allylic oxidation sites excluding steroid dienone is 1. The van der Waals surface area contributed by atoms with Gasteiger partial charge in [-0.25, -0.2) is 9.59 Å². The zero-order valence-electron chi connectivity index (χ0n) is 32.7. The largest absolute Gasteiger partial charge is 0.490 e. The standard InChI is InChI=1S/C40H53Cl2N5O8/c1-10-13-14-15-20-46(38(52)55-40(7,8)9)26-35(49)44-36-30(41)22-27(23-31(36)42)24-33(47(37(50)51)39(4,5)6)43-34(48)25-32(45-54-12-3)28-16-18-29(19-17-28)53-21-11-2/h10-11,16-19,22-23H,1-2,12-15,20-21,24-26H2,3-9H3,(H,44,49)(H,50,51). The Kier molecular flexibility index (Phi) is 18.4. The highest BCUT2D eigenvalue weighted by molar-refractivity contribution is 6.40. The zero-order chi connectivity index (χ0) is 41.3. The molecule has 0 aromatic heterocycles. The van der Waals surface area contributed by atoms with Crippen LogP contribution in [0.25, 0.3) is 0 Å². The predicted octanol–water partition coefficient (Wildman–Crippen LogP) is 9.17. The molecule has 0 aliphatic heterocycles. The van der Waals surface area contributed by atoms with E-state index in [1.165, 1.54) is 17.0 Å². The van der Waals surface area contributed by atoms with Crippen molar-refractivity contribution in [3.63, 3.8) is 0 Å². The Morgan fingerprint density at radius 3 is 2.13 bits per heavy atom. The number of benzene rings is 2. The fraction of sp³-hybridized carbons (Fsp3) is 0.450. The first-order valence-corrected chi connectivity index (χ1v) is 18.6. The molecule has 15 heteroatoms.